The lowest BCUT2D eigenvalue weighted by atomic mass is 10.1. The minimum Gasteiger partial charge on any atom is -0.493 e. The number of aromatic nitrogens is 1. The molecule has 2 amide bonds. The molecular formula is C23H25N3O5S. The van der Waals surface area contributed by atoms with E-state index in [1.54, 1.807) is 17.0 Å². The number of rotatable bonds is 6. The van der Waals surface area contributed by atoms with Crippen LogP contribution in [0, 0.1) is 19.8 Å². The van der Waals surface area contributed by atoms with Crippen LogP contribution in [0.4, 0.5) is 10.8 Å². The summed E-state index contributed by atoms with van der Waals surface area (Å²) in [4.78, 5) is 31.8. The molecule has 1 unspecified atom stereocenters. The zero-order valence-corrected chi connectivity index (χ0v) is 19.5. The average molecular weight is 456 g/mol. The number of nitrogens with one attached hydrogen (secondary N) is 1. The number of hydrogen-bond acceptors (Lipinski definition) is 7. The molecule has 168 valence electrons. The lowest BCUT2D eigenvalue weighted by Gasteiger charge is -2.20. The predicted molar refractivity (Wildman–Crippen MR) is 124 cm³/mol. The van der Waals surface area contributed by atoms with Gasteiger partial charge in [0.05, 0.1) is 43.2 Å². The topological polar surface area (TPSA) is 90.0 Å². The number of fused-ring (bicyclic) bond motifs is 1. The Kier molecular flexibility index (Phi) is 5.92. The first kappa shape index (κ1) is 21.9. The van der Waals surface area contributed by atoms with Crippen LogP contribution >= 0.6 is 11.3 Å². The summed E-state index contributed by atoms with van der Waals surface area (Å²) in [5.74, 6) is 0.487. The molecule has 2 heterocycles. The largest absolute Gasteiger partial charge is 0.493 e. The molecule has 0 bridgehead atoms. The van der Waals surface area contributed by atoms with Crippen molar-refractivity contribution < 1.29 is 23.8 Å². The van der Waals surface area contributed by atoms with E-state index < -0.39 is 5.92 Å². The summed E-state index contributed by atoms with van der Waals surface area (Å²) in [6.45, 7) is 4.28. The summed E-state index contributed by atoms with van der Waals surface area (Å²) in [5.41, 5.74) is 3.66. The molecular weight excluding hydrogens is 430 g/mol. The highest BCUT2D eigenvalue weighted by molar-refractivity contribution is 7.22. The first-order valence-electron chi connectivity index (χ1n) is 10.1. The summed E-state index contributed by atoms with van der Waals surface area (Å²) in [6, 6.07) is 7.48. The Hall–Kier alpha value is -3.33. The van der Waals surface area contributed by atoms with E-state index in [4.69, 9.17) is 14.2 Å². The van der Waals surface area contributed by atoms with Crippen LogP contribution in [-0.2, 0) is 9.59 Å². The smallest absolute Gasteiger partial charge is 0.231 e. The number of benzene rings is 2. The number of carbonyl (C=O) groups excluding carboxylic acids is 2. The van der Waals surface area contributed by atoms with Crippen molar-refractivity contribution in [1.29, 1.82) is 0 Å². The minimum absolute atomic E-state index is 0.117. The molecule has 32 heavy (non-hydrogen) atoms. The molecule has 1 saturated heterocycles. The van der Waals surface area contributed by atoms with E-state index >= 15 is 0 Å². The number of amides is 2. The van der Waals surface area contributed by atoms with Crippen molar-refractivity contribution in [1.82, 2.24) is 4.98 Å². The van der Waals surface area contributed by atoms with Crippen molar-refractivity contribution in [2.45, 2.75) is 20.3 Å². The molecule has 2 aromatic carbocycles. The van der Waals surface area contributed by atoms with Crippen LogP contribution < -0.4 is 24.4 Å². The summed E-state index contributed by atoms with van der Waals surface area (Å²) >= 11 is 1.45. The van der Waals surface area contributed by atoms with Gasteiger partial charge in [0.1, 0.15) is 0 Å². The van der Waals surface area contributed by atoms with E-state index in [2.05, 4.69) is 10.3 Å². The van der Waals surface area contributed by atoms with Gasteiger partial charge in [-0.1, -0.05) is 23.5 Å². The fourth-order valence-electron chi connectivity index (χ4n) is 3.88. The van der Waals surface area contributed by atoms with Crippen LogP contribution in [-0.4, -0.2) is 44.7 Å². The number of thiazole rings is 1. The molecule has 1 aliphatic rings. The maximum atomic E-state index is 12.9. The number of carbonyl (C=O) groups is 2. The number of methoxy groups -OCH3 is 3. The summed E-state index contributed by atoms with van der Waals surface area (Å²) < 4.78 is 17.2. The third-order valence-corrected chi connectivity index (χ3v) is 6.74. The van der Waals surface area contributed by atoms with Crippen molar-refractivity contribution in [3.63, 3.8) is 0 Å². The number of nitrogens with zero attached hydrogens (tertiary/aromatic N) is 2. The Morgan fingerprint density at radius 2 is 1.75 bits per heavy atom. The fraction of sp³-hybridized carbons (Fsp3) is 0.348. The van der Waals surface area contributed by atoms with E-state index in [0.717, 1.165) is 21.3 Å². The molecule has 1 aromatic heterocycles. The minimum atomic E-state index is -0.490. The molecule has 3 aromatic rings. The highest BCUT2D eigenvalue weighted by Crippen LogP contribution is 2.42. The highest BCUT2D eigenvalue weighted by atomic mass is 32.1. The van der Waals surface area contributed by atoms with Gasteiger partial charge >= 0.3 is 0 Å². The normalized spacial score (nSPS) is 15.8. The fourth-order valence-corrected chi connectivity index (χ4v) is 4.89. The summed E-state index contributed by atoms with van der Waals surface area (Å²) in [7, 11) is 4.56. The van der Waals surface area contributed by atoms with Crippen LogP contribution in [0.25, 0.3) is 10.2 Å². The molecule has 1 N–H and O–H groups in total. The Morgan fingerprint density at radius 1 is 1.09 bits per heavy atom. The Bertz CT molecular complexity index is 1140. The Morgan fingerprint density at radius 3 is 2.34 bits per heavy atom. The van der Waals surface area contributed by atoms with Crippen LogP contribution in [0.1, 0.15) is 17.5 Å². The Labute approximate surface area is 190 Å². The molecule has 1 fully saturated rings. The van der Waals surface area contributed by atoms with Gasteiger partial charge in [-0.25, -0.2) is 4.98 Å². The summed E-state index contributed by atoms with van der Waals surface area (Å²) in [6.07, 6.45) is 0.117. The number of ether oxygens (including phenoxy) is 3. The van der Waals surface area contributed by atoms with Crippen molar-refractivity contribution in [2.24, 2.45) is 5.92 Å². The molecule has 0 spiro atoms. The molecule has 1 atom stereocenters. The van der Waals surface area contributed by atoms with Crippen LogP contribution in [0.5, 0.6) is 17.2 Å². The zero-order valence-electron chi connectivity index (χ0n) is 18.6. The van der Waals surface area contributed by atoms with E-state index in [-0.39, 0.29) is 24.8 Å². The number of aryl methyl sites for hydroxylation is 2. The number of anilines is 2. The van der Waals surface area contributed by atoms with Crippen molar-refractivity contribution in [3.05, 3.63) is 35.4 Å². The Balaban J connectivity index is 1.54. The molecule has 0 saturated carbocycles. The van der Waals surface area contributed by atoms with Gasteiger partial charge in [0.2, 0.25) is 17.6 Å². The standard InChI is InChI=1S/C23H25N3O5S/c1-12-6-7-13(2)21-19(12)24-23(32-21)25-22(28)14-8-18(27)26(11-14)15-9-16(29-3)20(31-5)17(10-15)30-4/h6-7,9-10,14H,8,11H2,1-5H3,(H,24,25,28). The first-order chi connectivity index (χ1) is 15.4. The van der Waals surface area contributed by atoms with E-state index in [1.165, 1.54) is 32.7 Å². The molecule has 4 rings (SSSR count). The van der Waals surface area contributed by atoms with Gasteiger partial charge in [-0.2, -0.15) is 0 Å². The van der Waals surface area contributed by atoms with E-state index in [1.807, 2.05) is 26.0 Å². The third-order valence-electron chi connectivity index (χ3n) is 5.63. The molecule has 8 nitrogen and oxygen atoms in total. The third kappa shape index (κ3) is 3.84. The maximum absolute atomic E-state index is 12.9. The molecule has 1 aliphatic heterocycles. The van der Waals surface area contributed by atoms with Gasteiger partial charge < -0.3 is 24.4 Å². The average Bonchev–Trinajstić information content (AvgIpc) is 3.39. The monoisotopic (exact) mass is 455 g/mol. The summed E-state index contributed by atoms with van der Waals surface area (Å²) in [5, 5.41) is 3.45. The second-order valence-corrected chi connectivity index (χ2v) is 8.67. The lowest BCUT2D eigenvalue weighted by molar-refractivity contribution is -0.122. The molecule has 0 aliphatic carbocycles. The van der Waals surface area contributed by atoms with Crippen molar-refractivity contribution in [2.75, 3.05) is 38.1 Å². The SMILES string of the molecule is COc1cc(N2CC(C(=O)Nc3nc4c(C)ccc(C)c4s3)CC2=O)cc(OC)c1OC. The van der Waals surface area contributed by atoms with Crippen LogP contribution in [0.15, 0.2) is 24.3 Å². The molecule has 9 heteroatoms. The lowest BCUT2D eigenvalue weighted by Crippen LogP contribution is -2.28. The van der Waals surface area contributed by atoms with Gasteiger partial charge in [0, 0.05) is 25.1 Å². The van der Waals surface area contributed by atoms with Crippen LogP contribution in [0.2, 0.25) is 0 Å². The number of hydrogen-bond donors (Lipinski definition) is 1. The van der Waals surface area contributed by atoms with Gasteiger partial charge in [-0.3, -0.25) is 9.59 Å². The second-order valence-electron chi connectivity index (χ2n) is 7.67. The van der Waals surface area contributed by atoms with Crippen molar-refractivity contribution >= 4 is 44.2 Å². The van der Waals surface area contributed by atoms with Gasteiger partial charge in [0.25, 0.3) is 0 Å². The van der Waals surface area contributed by atoms with E-state index in [9.17, 15) is 9.59 Å². The van der Waals surface area contributed by atoms with Gasteiger partial charge in [0.15, 0.2) is 16.6 Å². The van der Waals surface area contributed by atoms with E-state index in [0.29, 0.717) is 28.1 Å². The quantitative estimate of drug-likeness (QED) is 0.606. The van der Waals surface area contributed by atoms with Gasteiger partial charge in [-0.15, -0.1) is 0 Å². The highest BCUT2D eigenvalue weighted by Gasteiger charge is 2.36. The molecule has 0 radical (unpaired) electrons. The van der Waals surface area contributed by atoms with Crippen LogP contribution in [0.3, 0.4) is 0 Å². The van der Waals surface area contributed by atoms with Crippen molar-refractivity contribution in [3.8, 4) is 17.2 Å². The van der Waals surface area contributed by atoms with Gasteiger partial charge in [-0.05, 0) is 25.0 Å². The zero-order chi connectivity index (χ0) is 23.0. The second kappa shape index (κ2) is 8.66. The maximum Gasteiger partial charge on any atom is 0.231 e. The first-order valence-corrected chi connectivity index (χ1v) is 11.0. The predicted octanol–water partition coefficient (Wildman–Crippen LogP) is 3.93.